The number of rotatable bonds is 1. The van der Waals surface area contributed by atoms with Crippen LogP contribution in [0.5, 0.6) is 0 Å². The zero-order valence-corrected chi connectivity index (χ0v) is 4.46. The first-order valence-corrected chi connectivity index (χ1v) is 2.64. The summed E-state index contributed by atoms with van der Waals surface area (Å²) in [6.07, 6.45) is 0. The summed E-state index contributed by atoms with van der Waals surface area (Å²) < 4.78 is 0. The number of hydrogen-bond donors (Lipinski definition) is 2. The normalized spacial score (nSPS) is 49.3. The summed E-state index contributed by atoms with van der Waals surface area (Å²) in [7, 11) is 0. The second kappa shape index (κ2) is 1.46. The van der Waals surface area contributed by atoms with Gasteiger partial charge in [0.05, 0.1) is 0 Å². The number of hydrogen-bond acceptors (Lipinski definition) is 2. The van der Waals surface area contributed by atoms with Crippen molar-refractivity contribution in [2.75, 3.05) is 6.61 Å². The van der Waals surface area contributed by atoms with Crippen LogP contribution in [-0.4, -0.2) is 17.8 Å². The molecule has 3 N–H and O–H groups in total. The van der Waals surface area contributed by atoms with Crippen molar-refractivity contribution in [2.24, 2.45) is 17.6 Å². The van der Waals surface area contributed by atoms with Crippen LogP contribution in [0.2, 0.25) is 0 Å². The smallest absolute Gasteiger partial charge is 0.0477 e. The fraction of sp³-hybridized carbons (Fsp3) is 1.00. The average molecular weight is 101 g/mol. The summed E-state index contributed by atoms with van der Waals surface area (Å²) in [5.41, 5.74) is 5.46. The van der Waals surface area contributed by atoms with Crippen molar-refractivity contribution in [2.45, 2.75) is 13.0 Å². The Labute approximate surface area is 43.3 Å². The maximum atomic E-state index is 8.47. The first kappa shape index (κ1) is 5.06. The Kier molecular flexibility index (Phi) is 1.05. The van der Waals surface area contributed by atoms with Crippen molar-refractivity contribution in [1.29, 1.82) is 0 Å². The molecule has 0 unspecified atom stereocenters. The zero-order valence-electron chi connectivity index (χ0n) is 4.46. The van der Waals surface area contributed by atoms with E-state index < -0.39 is 0 Å². The summed E-state index contributed by atoms with van der Waals surface area (Å²) in [6, 6.07) is 0.282. The Balaban J connectivity index is 2.24. The highest BCUT2D eigenvalue weighted by molar-refractivity contribution is 4.97. The molecule has 0 spiro atoms. The van der Waals surface area contributed by atoms with Crippen LogP contribution in [0.15, 0.2) is 0 Å². The second-order valence-corrected chi connectivity index (χ2v) is 2.28. The van der Waals surface area contributed by atoms with Crippen LogP contribution < -0.4 is 5.73 Å². The molecule has 3 atom stereocenters. The Bertz CT molecular complexity index is 66.5. The number of aliphatic hydroxyl groups excluding tert-OH is 1. The third-order valence-electron chi connectivity index (χ3n) is 1.85. The van der Waals surface area contributed by atoms with Crippen molar-refractivity contribution in [1.82, 2.24) is 0 Å². The molecule has 1 aliphatic rings. The molecule has 0 aromatic rings. The summed E-state index contributed by atoms with van der Waals surface area (Å²) in [5, 5.41) is 8.47. The molecule has 2 heteroatoms. The number of nitrogens with two attached hydrogens (primary N) is 1. The van der Waals surface area contributed by atoms with Gasteiger partial charge in [0.15, 0.2) is 0 Å². The highest BCUT2D eigenvalue weighted by Gasteiger charge is 2.42. The van der Waals surface area contributed by atoms with E-state index in [0.29, 0.717) is 11.8 Å². The van der Waals surface area contributed by atoms with E-state index in [0.717, 1.165) is 0 Å². The van der Waals surface area contributed by atoms with Crippen LogP contribution in [0.1, 0.15) is 6.92 Å². The van der Waals surface area contributed by atoms with Crippen LogP contribution in [0.25, 0.3) is 0 Å². The van der Waals surface area contributed by atoms with E-state index in [2.05, 4.69) is 6.92 Å². The lowest BCUT2D eigenvalue weighted by molar-refractivity contribution is 0.268. The molecular formula is C5H11NO. The van der Waals surface area contributed by atoms with Gasteiger partial charge in [-0.25, -0.2) is 0 Å². The monoisotopic (exact) mass is 101 g/mol. The quantitative estimate of drug-likeness (QED) is 0.471. The molecule has 0 radical (unpaired) electrons. The predicted octanol–water partition coefficient (Wildman–Crippen LogP) is -0.428. The lowest BCUT2D eigenvalue weighted by Crippen LogP contribution is -2.04. The van der Waals surface area contributed by atoms with Gasteiger partial charge in [0.25, 0.3) is 0 Å². The lowest BCUT2D eigenvalue weighted by Gasteiger charge is -1.80. The predicted molar refractivity (Wildman–Crippen MR) is 27.7 cm³/mol. The molecule has 0 aromatic carbocycles. The third kappa shape index (κ3) is 0.640. The molecule has 0 heterocycles. The van der Waals surface area contributed by atoms with E-state index in [1.165, 1.54) is 0 Å². The van der Waals surface area contributed by atoms with Crippen LogP contribution in [0.3, 0.4) is 0 Å². The van der Waals surface area contributed by atoms with Gasteiger partial charge >= 0.3 is 0 Å². The van der Waals surface area contributed by atoms with E-state index >= 15 is 0 Å². The Hall–Kier alpha value is -0.0800. The maximum absolute atomic E-state index is 8.47. The van der Waals surface area contributed by atoms with Gasteiger partial charge in [-0.3, -0.25) is 0 Å². The molecule has 1 rings (SSSR count). The van der Waals surface area contributed by atoms with Crippen LogP contribution in [0.4, 0.5) is 0 Å². The molecule has 1 fully saturated rings. The molecule has 0 aromatic heterocycles. The van der Waals surface area contributed by atoms with Crippen molar-refractivity contribution in [3.05, 3.63) is 0 Å². The minimum atomic E-state index is 0.266. The fourth-order valence-electron chi connectivity index (χ4n) is 0.868. The van der Waals surface area contributed by atoms with Gasteiger partial charge in [0, 0.05) is 18.6 Å². The second-order valence-electron chi connectivity index (χ2n) is 2.28. The van der Waals surface area contributed by atoms with Gasteiger partial charge in [0.1, 0.15) is 0 Å². The SMILES string of the molecule is C[C@@H]1[C@@H](N)[C@H]1CO. The topological polar surface area (TPSA) is 46.2 Å². The van der Waals surface area contributed by atoms with Crippen molar-refractivity contribution in [3.63, 3.8) is 0 Å². The minimum absolute atomic E-state index is 0.266. The first-order chi connectivity index (χ1) is 3.27. The Morgan fingerprint density at radius 2 is 2.14 bits per heavy atom. The largest absolute Gasteiger partial charge is 0.396 e. The average Bonchev–Trinajstić information content (AvgIpc) is 2.17. The van der Waals surface area contributed by atoms with Gasteiger partial charge in [-0.2, -0.15) is 0 Å². The molecule has 1 saturated carbocycles. The molecule has 2 nitrogen and oxygen atoms in total. The van der Waals surface area contributed by atoms with Crippen molar-refractivity contribution < 1.29 is 5.11 Å². The molecule has 0 aliphatic heterocycles. The molecule has 0 saturated heterocycles. The highest BCUT2D eigenvalue weighted by Crippen LogP contribution is 2.35. The summed E-state index contributed by atoms with van der Waals surface area (Å²) in [4.78, 5) is 0. The van der Waals surface area contributed by atoms with Gasteiger partial charge < -0.3 is 10.8 Å². The molecule has 0 bridgehead atoms. The van der Waals surface area contributed by atoms with Gasteiger partial charge in [-0.05, 0) is 5.92 Å². The summed E-state index contributed by atoms with van der Waals surface area (Å²) >= 11 is 0. The minimum Gasteiger partial charge on any atom is -0.396 e. The lowest BCUT2D eigenvalue weighted by atomic mass is 10.4. The van der Waals surface area contributed by atoms with Crippen LogP contribution >= 0.6 is 0 Å². The van der Waals surface area contributed by atoms with E-state index in [9.17, 15) is 0 Å². The Morgan fingerprint density at radius 3 is 2.14 bits per heavy atom. The van der Waals surface area contributed by atoms with Gasteiger partial charge in [0.2, 0.25) is 0 Å². The zero-order chi connectivity index (χ0) is 5.44. The van der Waals surface area contributed by atoms with E-state index in [-0.39, 0.29) is 12.6 Å². The van der Waals surface area contributed by atoms with E-state index in [4.69, 9.17) is 10.8 Å². The Morgan fingerprint density at radius 1 is 1.71 bits per heavy atom. The van der Waals surface area contributed by atoms with Gasteiger partial charge in [-0.1, -0.05) is 6.92 Å². The molecule has 1 aliphatic carbocycles. The summed E-state index contributed by atoms with van der Waals surface area (Å²) in [5.74, 6) is 0.963. The van der Waals surface area contributed by atoms with Crippen LogP contribution in [-0.2, 0) is 0 Å². The van der Waals surface area contributed by atoms with Crippen molar-refractivity contribution >= 4 is 0 Å². The molecular weight excluding hydrogens is 90.1 g/mol. The fourth-order valence-corrected chi connectivity index (χ4v) is 0.868. The highest BCUT2D eigenvalue weighted by atomic mass is 16.3. The van der Waals surface area contributed by atoms with Crippen molar-refractivity contribution in [3.8, 4) is 0 Å². The standard InChI is InChI=1S/C5H11NO/c1-3-4(2-7)5(3)6/h3-5,7H,2,6H2,1H3/t3-,4-,5+/m0/s1. The first-order valence-electron chi connectivity index (χ1n) is 2.64. The number of aliphatic hydroxyl groups is 1. The summed E-state index contributed by atoms with van der Waals surface area (Å²) in [6.45, 7) is 2.33. The van der Waals surface area contributed by atoms with Crippen LogP contribution in [0, 0.1) is 11.8 Å². The van der Waals surface area contributed by atoms with E-state index in [1.54, 1.807) is 0 Å². The third-order valence-corrected chi connectivity index (χ3v) is 1.85. The molecule has 7 heavy (non-hydrogen) atoms. The van der Waals surface area contributed by atoms with Gasteiger partial charge in [-0.15, -0.1) is 0 Å². The molecule has 0 amide bonds. The van der Waals surface area contributed by atoms with E-state index in [1.807, 2.05) is 0 Å². The molecule has 42 valence electrons. The maximum Gasteiger partial charge on any atom is 0.0477 e.